The van der Waals surface area contributed by atoms with E-state index in [-0.39, 0.29) is 11.5 Å². The average molecular weight is 522 g/mol. The quantitative estimate of drug-likeness (QED) is 0.203. The van der Waals surface area contributed by atoms with E-state index in [9.17, 15) is 8.78 Å². The van der Waals surface area contributed by atoms with E-state index in [4.69, 9.17) is 10.4 Å². The minimum absolute atomic E-state index is 0.265. The van der Waals surface area contributed by atoms with Crippen LogP contribution in [0.2, 0.25) is 0 Å². The molecule has 1 N–H and O–H groups in total. The maximum Gasteiger partial charge on any atom is 0.123 e. The molecule has 2 heterocycles. The lowest BCUT2D eigenvalue weighted by Crippen LogP contribution is -2.33. The maximum atomic E-state index is 14.0. The Morgan fingerprint density at radius 3 is 2.59 bits per heavy atom. The van der Waals surface area contributed by atoms with Crippen molar-refractivity contribution in [3.05, 3.63) is 112 Å². The highest BCUT2D eigenvalue weighted by molar-refractivity contribution is 6.12. The Morgan fingerprint density at radius 2 is 1.85 bits per heavy atom. The summed E-state index contributed by atoms with van der Waals surface area (Å²) in [7, 11) is 0. The van der Waals surface area contributed by atoms with Crippen molar-refractivity contribution >= 4 is 16.6 Å². The minimum atomic E-state index is -0.905. The minimum Gasteiger partial charge on any atom is -0.300 e. The summed E-state index contributed by atoms with van der Waals surface area (Å²) >= 11 is 0. The van der Waals surface area contributed by atoms with Crippen molar-refractivity contribution in [3.63, 3.8) is 0 Å². The molecule has 4 aromatic rings. The highest BCUT2D eigenvalue weighted by atomic mass is 19.1. The molecule has 5 rings (SSSR count). The molecule has 1 aromatic heterocycles. The summed E-state index contributed by atoms with van der Waals surface area (Å²) < 4.78 is 27.8. The van der Waals surface area contributed by atoms with Crippen molar-refractivity contribution in [2.24, 2.45) is 0 Å². The van der Waals surface area contributed by atoms with Crippen LogP contribution in [0.3, 0.4) is 0 Å². The number of benzene rings is 3. The number of likely N-dealkylation sites (tertiary alicyclic amines) is 1. The van der Waals surface area contributed by atoms with Crippen molar-refractivity contribution in [2.75, 3.05) is 13.1 Å². The standard InChI is InChI=1S/C34H33F2N3/c1-3-7-26-19-24(12-13-31(26)33(37)28-9-6-10-30(36)21-28)22-39-16-14-25(15-17-39)34-29(18-23(2)35)20-27-8-4-5-11-32(27)38-34/h4-6,8-13,19-21,23,25,37H,14-18,22H2,1-2H3. The smallest absolute Gasteiger partial charge is 0.123 e. The van der Waals surface area contributed by atoms with Gasteiger partial charge in [0.2, 0.25) is 0 Å². The van der Waals surface area contributed by atoms with Crippen LogP contribution in [0.15, 0.2) is 72.8 Å². The second kappa shape index (κ2) is 11.9. The lowest BCUT2D eigenvalue weighted by atomic mass is 9.88. The Kier molecular flexibility index (Phi) is 8.14. The highest BCUT2D eigenvalue weighted by Crippen LogP contribution is 2.32. The first-order valence-electron chi connectivity index (χ1n) is 13.6. The molecule has 0 aliphatic carbocycles. The Hall–Kier alpha value is -3.88. The van der Waals surface area contributed by atoms with Gasteiger partial charge in [-0.25, -0.2) is 8.78 Å². The van der Waals surface area contributed by atoms with Crippen LogP contribution in [0.5, 0.6) is 0 Å². The number of hydrogen-bond donors (Lipinski definition) is 1. The molecule has 1 aliphatic rings. The number of fused-ring (bicyclic) bond motifs is 1. The monoisotopic (exact) mass is 521 g/mol. The van der Waals surface area contributed by atoms with Gasteiger partial charge in [0.1, 0.15) is 12.0 Å². The molecular weight excluding hydrogens is 488 g/mol. The third-order valence-electron chi connectivity index (χ3n) is 7.44. The number of nitrogens with one attached hydrogen (secondary N) is 1. The predicted octanol–water partition coefficient (Wildman–Crippen LogP) is 7.44. The molecule has 0 radical (unpaired) electrons. The number of rotatable bonds is 7. The fourth-order valence-electron chi connectivity index (χ4n) is 5.56. The summed E-state index contributed by atoms with van der Waals surface area (Å²) in [6, 6.07) is 22.4. The number of aromatic nitrogens is 1. The van der Waals surface area contributed by atoms with Gasteiger partial charge in [-0.3, -0.25) is 15.3 Å². The molecule has 5 heteroatoms. The van der Waals surface area contributed by atoms with E-state index >= 15 is 0 Å². The average Bonchev–Trinajstić information content (AvgIpc) is 2.93. The van der Waals surface area contributed by atoms with Crippen LogP contribution in [0.1, 0.15) is 66.1 Å². The van der Waals surface area contributed by atoms with Crippen molar-refractivity contribution in [1.82, 2.24) is 9.88 Å². The molecule has 0 bridgehead atoms. The molecule has 0 saturated carbocycles. The molecule has 198 valence electrons. The van der Waals surface area contributed by atoms with Crippen molar-refractivity contribution < 1.29 is 8.78 Å². The van der Waals surface area contributed by atoms with Gasteiger partial charge < -0.3 is 0 Å². The van der Waals surface area contributed by atoms with Crippen molar-refractivity contribution in [1.29, 1.82) is 5.41 Å². The van der Waals surface area contributed by atoms with Crippen LogP contribution in [-0.4, -0.2) is 34.9 Å². The molecule has 1 aliphatic heterocycles. The number of nitrogens with zero attached hydrogens (tertiary/aromatic N) is 2. The lowest BCUT2D eigenvalue weighted by Gasteiger charge is -2.33. The van der Waals surface area contributed by atoms with E-state index in [0.29, 0.717) is 23.5 Å². The van der Waals surface area contributed by atoms with Gasteiger partial charge in [-0.05, 0) is 81.2 Å². The number of alkyl halides is 1. The van der Waals surface area contributed by atoms with E-state index in [1.807, 2.05) is 36.4 Å². The third-order valence-corrected chi connectivity index (χ3v) is 7.44. The SMILES string of the molecule is CC#Cc1cc(CN2CCC(c3nc4ccccc4cc3CC(C)F)CC2)ccc1C(=N)c1cccc(F)c1. The molecule has 1 atom stereocenters. The van der Waals surface area contributed by atoms with Gasteiger partial charge in [-0.15, -0.1) is 5.92 Å². The normalized spacial score (nSPS) is 15.1. The number of pyridine rings is 1. The summed E-state index contributed by atoms with van der Waals surface area (Å²) in [5, 5.41) is 9.71. The van der Waals surface area contributed by atoms with Crippen LogP contribution in [0.25, 0.3) is 10.9 Å². The van der Waals surface area contributed by atoms with Gasteiger partial charge in [-0.2, -0.15) is 0 Å². The maximum absolute atomic E-state index is 14.0. The Morgan fingerprint density at radius 1 is 1.05 bits per heavy atom. The van der Waals surface area contributed by atoms with E-state index in [1.165, 1.54) is 12.1 Å². The Labute approximate surface area is 229 Å². The summed E-state index contributed by atoms with van der Waals surface area (Å²) in [5.41, 5.74) is 6.48. The van der Waals surface area contributed by atoms with Gasteiger partial charge in [0.05, 0.1) is 11.2 Å². The Balaban J connectivity index is 1.30. The van der Waals surface area contributed by atoms with E-state index in [1.54, 1.807) is 26.0 Å². The summed E-state index contributed by atoms with van der Waals surface area (Å²) in [6.45, 7) is 6.05. The molecular formula is C34H33F2N3. The summed E-state index contributed by atoms with van der Waals surface area (Å²) in [4.78, 5) is 7.44. The van der Waals surface area contributed by atoms with Crippen LogP contribution >= 0.6 is 0 Å². The van der Waals surface area contributed by atoms with E-state index in [2.05, 4.69) is 28.9 Å². The van der Waals surface area contributed by atoms with Gasteiger partial charge in [-0.1, -0.05) is 48.4 Å². The first-order chi connectivity index (χ1) is 18.9. The second-order valence-electron chi connectivity index (χ2n) is 10.4. The van der Waals surface area contributed by atoms with Crippen LogP contribution in [-0.2, 0) is 13.0 Å². The van der Waals surface area contributed by atoms with Gasteiger partial charge in [0, 0.05) is 46.7 Å². The van der Waals surface area contributed by atoms with Crippen LogP contribution in [0.4, 0.5) is 8.78 Å². The zero-order valence-electron chi connectivity index (χ0n) is 22.5. The molecule has 1 unspecified atom stereocenters. The van der Waals surface area contributed by atoms with Crippen molar-refractivity contribution in [3.8, 4) is 11.8 Å². The number of piperidine rings is 1. The molecule has 3 aromatic carbocycles. The predicted molar refractivity (Wildman–Crippen MR) is 155 cm³/mol. The summed E-state index contributed by atoms with van der Waals surface area (Å²) in [5.74, 6) is 6.06. The van der Waals surface area contributed by atoms with Crippen molar-refractivity contribution in [2.45, 2.75) is 51.7 Å². The van der Waals surface area contributed by atoms with Crippen LogP contribution in [0, 0.1) is 23.1 Å². The highest BCUT2D eigenvalue weighted by Gasteiger charge is 2.25. The molecule has 3 nitrogen and oxygen atoms in total. The fraction of sp³-hybridized carbons (Fsp3) is 0.294. The Bertz CT molecular complexity index is 1560. The first kappa shape index (κ1) is 26.7. The lowest BCUT2D eigenvalue weighted by molar-refractivity contribution is 0.203. The molecule has 1 saturated heterocycles. The number of hydrogen-bond acceptors (Lipinski definition) is 3. The van der Waals surface area contributed by atoms with Crippen LogP contribution < -0.4 is 0 Å². The van der Waals surface area contributed by atoms with Gasteiger partial charge >= 0.3 is 0 Å². The molecule has 39 heavy (non-hydrogen) atoms. The topological polar surface area (TPSA) is 40.0 Å². The zero-order valence-corrected chi connectivity index (χ0v) is 22.5. The number of halogens is 2. The van der Waals surface area contributed by atoms with E-state index in [0.717, 1.165) is 65.8 Å². The largest absolute Gasteiger partial charge is 0.300 e. The second-order valence-corrected chi connectivity index (χ2v) is 10.4. The fourth-order valence-corrected chi connectivity index (χ4v) is 5.56. The third kappa shape index (κ3) is 6.24. The summed E-state index contributed by atoms with van der Waals surface area (Å²) in [6.07, 6.45) is 1.44. The number of para-hydroxylation sites is 1. The first-order valence-corrected chi connectivity index (χ1v) is 13.6. The van der Waals surface area contributed by atoms with Gasteiger partial charge in [0.25, 0.3) is 0 Å². The molecule has 0 spiro atoms. The molecule has 0 amide bonds. The molecule has 1 fully saturated rings. The van der Waals surface area contributed by atoms with E-state index < -0.39 is 6.17 Å². The van der Waals surface area contributed by atoms with Gasteiger partial charge in [0.15, 0.2) is 0 Å². The zero-order chi connectivity index (χ0) is 27.4.